The predicted molar refractivity (Wildman–Crippen MR) is 98.9 cm³/mol. The fourth-order valence-corrected chi connectivity index (χ4v) is 2.60. The van der Waals surface area contributed by atoms with Crippen LogP contribution in [0.25, 0.3) is 0 Å². The van der Waals surface area contributed by atoms with E-state index in [1.165, 1.54) is 0 Å². The van der Waals surface area contributed by atoms with Gasteiger partial charge in [0.2, 0.25) is 0 Å². The van der Waals surface area contributed by atoms with Gasteiger partial charge in [-0.2, -0.15) is 0 Å². The van der Waals surface area contributed by atoms with Crippen molar-refractivity contribution in [2.45, 2.75) is 46.6 Å². The zero-order valence-electron chi connectivity index (χ0n) is 15.3. The Hall–Kier alpha value is -2.69. The molecule has 134 valence electrons. The first-order chi connectivity index (χ1) is 11.7. The lowest BCUT2D eigenvalue weighted by molar-refractivity contribution is -0.137. The maximum Gasteiger partial charge on any atom is 0.325 e. The van der Waals surface area contributed by atoms with E-state index in [0.29, 0.717) is 17.4 Å². The molecule has 5 nitrogen and oxygen atoms in total. The second kappa shape index (κ2) is 7.47. The predicted octanol–water partition coefficient (Wildman–Crippen LogP) is 4.81. The molecule has 0 saturated heterocycles. The van der Waals surface area contributed by atoms with Gasteiger partial charge in [0.1, 0.15) is 11.8 Å². The van der Waals surface area contributed by atoms with Crippen molar-refractivity contribution in [3.63, 3.8) is 0 Å². The minimum Gasteiger partial charge on any atom is -0.504 e. The largest absolute Gasteiger partial charge is 0.504 e. The number of hydrogen-bond acceptors (Lipinski definition) is 4. The number of phenolic OH excluding ortho intramolecular Hbond substituents is 1. The molecule has 0 saturated carbocycles. The van der Waals surface area contributed by atoms with Gasteiger partial charge in [-0.1, -0.05) is 19.9 Å². The summed E-state index contributed by atoms with van der Waals surface area (Å²) in [4.78, 5) is 11.0. The monoisotopic (exact) mass is 343 g/mol. The van der Waals surface area contributed by atoms with Crippen LogP contribution in [0.15, 0.2) is 30.3 Å². The number of aryl methyl sites for hydroxylation is 2. The number of anilines is 1. The Kier molecular flexibility index (Phi) is 5.57. The Morgan fingerprint density at radius 2 is 1.68 bits per heavy atom. The van der Waals surface area contributed by atoms with Crippen LogP contribution in [0.3, 0.4) is 0 Å². The van der Waals surface area contributed by atoms with Gasteiger partial charge in [-0.15, -0.1) is 0 Å². The second-order valence-electron chi connectivity index (χ2n) is 6.63. The molecule has 1 unspecified atom stereocenters. The molecule has 0 aliphatic carbocycles. The molecule has 0 radical (unpaired) electrons. The zero-order chi connectivity index (χ0) is 18.7. The molecule has 2 aromatic rings. The lowest BCUT2D eigenvalue weighted by Crippen LogP contribution is -2.25. The minimum absolute atomic E-state index is 0.103. The molecule has 3 N–H and O–H groups in total. The molecule has 0 amide bonds. The summed E-state index contributed by atoms with van der Waals surface area (Å²) in [5, 5.41) is 22.2. The van der Waals surface area contributed by atoms with Crippen molar-refractivity contribution in [3.8, 4) is 17.2 Å². The van der Waals surface area contributed by atoms with Crippen LogP contribution in [0.5, 0.6) is 17.2 Å². The van der Waals surface area contributed by atoms with Crippen LogP contribution in [0.4, 0.5) is 5.69 Å². The third-order valence-electron chi connectivity index (χ3n) is 4.08. The molecule has 25 heavy (non-hydrogen) atoms. The lowest BCUT2D eigenvalue weighted by Gasteiger charge is -2.17. The van der Waals surface area contributed by atoms with Gasteiger partial charge >= 0.3 is 5.97 Å². The Bertz CT molecular complexity index is 760. The number of benzene rings is 2. The van der Waals surface area contributed by atoms with E-state index in [0.717, 1.165) is 22.4 Å². The molecule has 1 atom stereocenters. The standard InChI is InChI=1S/C20H25NO4/c1-11(2)15-6-7-18(17(22)10-15)25-19-12(3)8-16(9-13(19)4)21-14(5)20(23)24/h6-11,14,21-22H,1-5H3,(H,23,24). The van der Waals surface area contributed by atoms with Gasteiger partial charge in [-0.3, -0.25) is 4.79 Å². The van der Waals surface area contributed by atoms with E-state index < -0.39 is 12.0 Å². The van der Waals surface area contributed by atoms with Crippen LogP contribution < -0.4 is 10.1 Å². The quantitative estimate of drug-likeness (QED) is 0.701. The van der Waals surface area contributed by atoms with E-state index in [4.69, 9.17) is 9.84 Å². The molecule has 0 heterocycles. The highest BCUT2D eigenvalue weighted by atomic mass is 16.5. The third-order valence-corrected chi connectivity index (χ3v) is 4.08. The van der Waals surface area contributed by atoms with Crippen molar-refractivity contribution in [2.75, 3.05) is 5.32 Å². The summed E-state index contributed by atoms with van der Waals surface area (Å²) in [5.74, 6) is 0.568. The molecule has 2 aromatic carbocycles. The summed E-state index contributed by atoms with van der Waals surface area (Å²) in [5.41, 5.74) is 3.47. The first-order valence-corrected chi connectivity index (χ1v) is 8.30. The molecular formula is C20H25NO4. The number of ether oxygens (including phenoxy) is 1. The van der Waals surface area contributed by atoms with Crippen LogP contribution in [0.1, 0.15) is 43.4 Å². The van der Waals surface area contributed by atoms with Crippen LogP contribution in [0.2, 0.25) is 0 Å². The highest BCUT2D eigenvalue weighted by molar-refractivity contribution is 5.77. The van der Waals surface area contributed by atoms with Crippen LogP contribution in [0, 0.1) is 13.8 Å². The van der Waals surface area contributed by atoms with Crippen molar-refractivity contribution in [2.24, 2.45) is 0 Å². The molecule has 0 spiro atoms. The van der Waals surface area contributed by atoms with Gasteiger partial charge in [0, 0.05) is 5.69 Å². The summed E-state index contributed by atoms with van der Waals surface area (Å²) in [6.07, 6.45) is 0. The summed E-state index contributed by atoms with van der Waals surface area (Å²) in [7, 11) is 0. The summed E-state index contributed by atoms with van der Waals surface area (Å²) in [6.45, 7) is 9.49. The van der Waals surface area contributed by atoms with Gasteiger partial charge in [-0.25, -0.2) is 0 Å². The fraction of sp³-hybridized carbons (Fsp3) is 0.350. The topological polar surface area (TPSA) is 78.8 Å². The van der Waals surface area contributed by atoms with Crippen LogP contribution in [-0.2, 0) is 4.79 Å². The molecular weight excluding hydrogens is 318 g/mol. The fourth-order valence-electron chi connectivity index (χ4n) is 2.60. The number of nitrogens with one attached hydrogen (secondary N) is 1. The number of aliphatic carboxylic acids is 1. The normalized spacial score (nSPS) is 12.1. The second-order valence-corrected chi connectivity index (χ2v) is 6.63. The minimum atomic E-state index is -0.911. The van der Waals surface area contributed by atoms with E-state index in [9.17, 15) is 9.90 Å². The smallest absolute Gasteiger partial charge is 0.325 e. The van der Waals surface area contributed by atoms with Crippen molar-refractivity contribution >= 4 is 11.7 Å². The van der Waals surface area contributed by atoms with Crippen LogP contribution >= 0.6 is 0 Å². The number of carboxylic acids is 1. The number of hydrogen-bond donors (Lipinski definition) is 3. The van der Waals surface area contributed by atoms with E-state index in [1.807, 2.05) is 32.0 Å². The molecule has 0 fully saturated rings. The molecule has 0 aliphatic rings. The zero-order valence-corrected chi connectivity index (χ0v) is 15.3. The Labute approximate surface area is 148 Å². The third kappa shape index (κ3) is 4.44. The number of aromatic hydroxyl groups is 1. The van der Waals surface area contributed by atoms with Gasteiger partial charge in [-0.05, 0) is 67.6 Å². The number of rotatable bonds is 6. The molecule has 0 aliphatic heterocycles. The van der Waals surface area contributed by atoms with E-state index in [1.54, 1.807) is 19.1 Å². The van der Waals surface area contributed by atoms with Gasteiger partial charge in [0.15, 0.2) is 11.5 Å². The summed E-state index contributed by atoms with van der Waals surface area (Å²) < 4.78 is 5.92. The Morgan fingerprint density at radius 1 is 1.08 bits per heavy atom. The summed E-state index contributed by atoms with van der Waals surface area (Å²) in [6, 6.07) is 8.41. The van der Waals surface area contributed by atoms with Gasteiger partial charge in [0.05, 0.1) is 0 Å². The van der Waals surface area contributed by atoms with Gasteiger partial charge < -0.3 is 20.3 Å². The molecule has 0 aromatic heterocycles. The molecule has 2 rings (SSSR count). The van der Waals surface area contributed by atoms with E-state index in [2.05, 4.69) is 19.2 Å². The Morgan fingerprint density at radius 3 is 2.16 bits per heavy atom. The van der Waals surface area contributed by atoms with Crippen LogP contribution in [-0.4, -0.2) is 22.2 Å². The van der Waals surface area contributed by atoms with E-state index >= 15 is 0 Å². The van der Waals surface area contributed by atoms with Crippen molar-refractivity contribution in [1.82, 2.24) is 0 Å². The van der Waals surface area contributed by atoms with Crippen molar-refractivity contribution in [3.05, 3.63) is 47.0 Å². The van der Waals surface area contributed by atoms with Crippen molar-refractivity contribution < 1.29 is 19.7 Å². The molecule has 5 heteroatoms. The highest BCUT2D eigenvalue weighted by Gasteiger charge is 2.14. The molecule has 0 bridgehead atoms. The average molecular weight is 343 g/mol. The maximum absolute atomic E-state index is 11.0. The first kappa shape index (κ1) is 18.6. The maximum atomic E-state index is 11.0. The summed E-state index contributed by atoms with van der Waals surface area (Å²) >= 11 is 0. The number of carboxylic acid groups (broad SMARTS) is 1. The number of phenols is 1. The van der Waals surface area contributed by atoms with Gasteiger partial charge in [0.25, 0.3) is 0 Å². The number of carbonyl (C=O) groups is 1. The Balaban J connectivity index is 2.27. The van der Waals surface area contributed by atoms with E-state index in [-0.39, 0.29) is 5.75 Å². The first-order valence-electron chi connectivity index (χ1n) is 8.30. The highest BCUT2D eigenvalue weighted by Crippen LogP contribution is 2.37. The van der Waals surface area contributed by atoms with Crippen molar-refractivity contribution in [1.29, 1.82) is 0 Å². The lowest BCUT2D eigenvalue weighted by atomic mass is 10.0. The SMILES string of the molecule is Cc1cc(NC(C)C(=O)O)cc(C)c1Oc1ccc(C(C)C)cc1O. The average Bonchev–Trinajstić information content (AvgIpc) is 2.51.